The number of unbranched alkanes of at least 4 members (excludes halogenated alkanes) is 1. The number of hydrogen-bond acceptors (Lipinski definition) is 10. The van der Waals surface area contributed by atoms with Crippen molar-refractivity contribution in [3.63, 3.8) is 0 Å². The van der Waals surface area contributed by atoms with E-state index in [1.807, 2.05) is 54.6 Å². The molecule has 1 saturated heterocycles. The first-order chi connectivity index (χ1) is 24.3. The summed E-state index contributed by atoms with van der Waals surface area (Å²) in [7, 11) is 3.29. The quantitative estimate of drug-likeness (QED) is 0.136. The summed E-state index contributed by atoms with van der Waals surface area (Å²) in [5.74, 6) is 2.10. The molecule has 0 radical (unpaired) electrons. The molecular weight excluding hydrogens is 659 g/mol. The van der Waals surface area contributed by atoms with Gasteiger partial charge in [0.2, 0.25) is 0 Å². The standard InChI is InChI=1S/C36H43N7O6S/c1-4-5-20-49-34-38-32(42(21-25-6-10-27(47-2)11-7-25)22-26-8-12-28(48-3)13-9-26)31-33(39-34)43(35(44)37-31)24-30-15-14-29(50-30)23-40-16-18-41(19-17-40)36(45)46/h6-15H,4-5,16-24H2,1-3H3,(H,37,44)(H,45,46). The Morgan fingerprint density at radius 2 is 1.48 bits per heavy atom. The van der Waals surface area contributed by atoms with Crippen molar-refractivity contribution in [2.75, 3.05) is 51.9 Å². The molecule has 1 fully saturated rings. The third-order valence-corrected chi connectivity index (χ3v) is 9.78. The summed E-state index contributed by atoms with van der Waals surface area (Å²) < 4.78 is 18.5. The number of aromatic nitrogens is 4. The van der Waals surface area contributed by atoms with Crippen molar-refractivity contribution in [3.8, 4) is 17.5 Å². The van der Waals surface area contributed by atoms with Crippen LogP contribution in [0, 0.1) is 0 Å². The average Bonchev–Trinajstić information content (AvgIpc) is 3.71. The third-order valence-electron chi connectivity index (χ3n) is 8.73. The van der Waals surface area contributed by atoms with E-state index in [0.29, 0.717) is 69.4 Å². The second-order valence-electron chi connectivity index (χ2n) is 12.2. The number of imidazole rings is 1. The zero-order valence-corrected chi connectivity index (χ0v) is 29.4. The van der Waals surface area contributed by atoms with Gasteiger partial charge in [0, 0.05) is 55.6 Å². The molecule has 0 spiro atoms. The minimum atomic E-state index is -0.872. The van der Waals surface area contributed by atoms with Crippen LogP contribution in [0.5, 0.6) is 17.5 Å². The van der Waals surface area contributed by atoms with Gasteiger partial charge in [0.15, 0.2) is 11.5 Å². The van der Waals surface area contributed by atoms with Crippen molar-refractivity contribution in [1.29, 1.82) is 0 Å². The molecule has 2 N–H and O–H groups in total. The van der Waals surface area contributed by atoms with E-state index in [1.165, 1.54) is 4.90 Å². The summed E-state index contributed by atoms with van der Waals surface area (Å²) in [6, 6.07) is 20.1. The number of methoxy groups -OCH3 is 2. The molecule has 1 aliphatic rings. The normalized spacial score (nSPS) is 13.5. The fourth-order valence-electron chi connectivity index (χ4n) is 5.92. The molecule has 264 valence electrons. The molecule has 50 heavy (non-hydrogen) atoms. The lowest BCUT2D eigenvalue weighted by Crippen LogP contribution is -2.47. The first kappa shape index (κ1) is 34.8. The minimum Gasteiger partial charge on any atom is -0.497 e. The van der Waals surface area contributed by atoms with Crippen LogP contribution in [0.15, 0.2) is 65.5 Å². The zero-order valence-electron chi connectivity index (χ0n) is 28.6. The maximum Gasteiger partial charge on any atom is 0.407 e. The summed E-state index contributed by atoms with van der Waals surface area (Å²) >= 11 is 1.64. The van der Waals surface area contributed by atoms with Crippen molar-refractivity contribution in [1.82, 2.24) is 29.3 Å². The Labute approximate surface area is 294 Å². The molecule has 2 aromatic carbocycles. The third kappa shape index (κ3) is 8.37. The van der Waals surface area contributed by atoms with E-state index >= 15 is 0 Å². The number of thiophene rings is 1. The Morgan fingerprint density at radius 1 is 0.880 bits per heavy atom. The number of carbonyl (C=O) groups is 1. The average molecular weight is 702 g/mol. The number of carboxylic acid groups (broad SMARTS) is 1. The summed E-state index contributed by atoms with van der Waals surface area (Å²) in [6.45, 7) is 6.98. The Hall–Kier alpha value is -5.08. The zero-order chi connectivity index (χ0) is 35.0. The number of anilines is 1. The van der Waals surface area contributed by atoms with Gasteiger partial charge in [0.05, 0.1) is 27.4 Å². The van der Waals surface area contributed by atoms with E-state index in [-0.39, 0.29) is 11.7 Å². The summed E-state index contributed by atoms with van der Waals surface area (Å²) in [6.07, 6.45) is 0.935. The largest absolute Gasteiger partial charge is 0.497 e. The van der Waals surface area contributed by atoms with E-state index in [0.717, 1.165) is 51.8 Å². The number of nitrogens with zero attached hydrogens (tertiary/aromatic N) is 6. The number of nitrogens with one attached hydrogen (secondary N) is 1. The first-order valence-electron chi connectivity index (χ1n) is 16.8. The number of piperazine rings is 1. The van der Waals surface area contributed by atoms with Crippen LogP contribution >= 0.6 is 11.3 Å². The number of aromatic amines is 1. The van der Waals surface area contributed by atoms with E-state index in [4.69, 9.17) is 24.2 Å². The van der Waals surface area contributed by atoms with Gasteiger partial charge < -0.3 is 34.1 Å². The van der Waals surface area contributed by atoms with Crippen LogP contribution in [-0.2, 0) is 26.2 Å². The second kappa shape index (κ2) is 16.1. The number of rotatable bonds is 15. The summed E-state index contributed by atoms with van der Waals surface area (Å²) in [5, 5.41) is 9.28. The summed E-state index contributed by atoms with van der Waals surface area (Å²) in [5.41, 5.74) is 2.80. The predicted molar refractivity (Wildman–Crippen MR) is 193 cm³/mol. The molecule has 6 rings (SSSR count). The van der Waals surface area contributed by atoms with Gasteiger partial charge in [0.1, 0.15) is 17.0 Å². The first-order valence-corrected chi connectivity index (χ1v) is 17.6. The van der Waals surface area contributed by atoms with Gasteiger partial charge in [0.25, 0.3) is 0 Å². The van der Waals surface area contributed by atoms with Gasteiger partial charge >= 0.3 is 17.8 Å². The number of ether oxygens (including phenoxy) is 3. The highest BCUT2D eigenvalue weighted by atomic mass is 32.1. The van der Waals surface area contributed by atoms with Crippen molar-refractivity contribution >= 4 is 34.4 Å². The van der Waals surface area contributed by atoms with Gasteiger partial charge in [-0.1, -0.05) is 37.6 Å². The summed E-state index contributed by atoms with van der Waals surface area (Å²) in [4.78, 5) is 45.7. The lowest BCUT2D eigenvalue weighted by atomic mass is 10.1. The minimum absolute atomic E-state index is 0.218. The maximum atomic E-state index is 13.7. The van der Waals surface area contributed by atoms with Gasteiger partial charge in [-0.05, 0) is 53.9 Å². The Kier molecular flexibility index (Phi) is 11.2. The van der Waals surface area contributed by atoms with E-state index in [1.54, 1.807) is 30.1 Å². The smallest absolute Gasteiger partial charge is 0.407 e. The van der Waals surface area contributed by atoms with Crippen molar-refractivity contribution in [2.24, 2.45) is 0 Å². The fourth-order valence-corrected chi connectivity index (χ4v) is 6.97. The molecule has 13 nitrogen and oxygen atoms in total. The molecule has 5 aromatic rings. The number of fused-ring (bicyclic) bond motifs is 1. The molecule has 0 unspecified atom stereocenters. The van der Waals surface area contributed by atoms with Gasteiger partial charge in [-0.15, -0.1) is 11.3 Å². The van der Waals surface area contributed by atoms with Crippen LogP contribution in [0.3, 0.4) is 0 Å². The van der Waals surface area contributed by atoms with E-state index in [9.17, 15) is 14.7 Å². The van der Waals surface area contributed by atoms with Crippen LogP contribution < -0.4 is 24.8 Å². The molecule has 0 bridgehead atoms. The Morgan fingerprint density at radius 3 is 2.04 bits per heavy atom. The molecule has 1 amide bonds. The van der Waals surface area contributed by atoms with Gasteiger partial charge in [-0.3, -0.25) is 9.47 Å². The molecule has 4 heterocycles. The fraction of sp³-hybridized carbons (Fsp3) is 0.389. The lowest BCUT2D eigenvalue weighted by Gasteiger charge is -2.32. The monoisotopic (exact) mass is 701 g/mol. The number of benzene rings is 2. The van der Waals surface area contributed by atoms with Crippen LogP contribution in [0.1, 0.15) is 40.6 Å². The highest BCUT2D eigenvalue weighted by Gasteiger charge is 2.23. The van der Waals surface area contributed by atoms with E-state index < -0.39 is 6.09 Å². The van der Waals surface area contributed by atoms with Crippen molar-refractivity contribution in [3.05, 3.63) is 92.0 Å². The Balaban J connectivity index is 1.33. The lowest BCUT2D eigenvalue weighted by molar-refractivity contribution is 0.103. The van der Waals surface area contributed by atoms with Crippen LogP contribution in [-0.4, -0.2) is 87.5 Å². The number of hydrogen-bond donors (Lipinski definition) is 2. The van der Waals surface area contributed by atoms with Gasteiger partial charge in [-0.25, -0.2) is 9.59 Å². The van der Waals surface area contributed by atoms with Crippen LogP contribution in [0.25, 0.3) is 11.2 Å². The maximum absolute atomic E-state index is 13.7. The predicted octanol–water partition coefficient (Wildman–Crippen LogP) is 5.43. The highest BCUT2D eigenvalue weighted by Crippen LogP contribution is 2.29. The SMILES string of the molecule is CCCCOc1nc(N(Cc2ccc(OC)cc2)Cc2ccc(OC)cc2)c2[nH]c(=O)n(Cc3ccc(CN4CCN(C(=O)O)CC4)s3)c2n1. The van der Waals surface area contributed by atoms with Crippen LogP contribution in [0.4, 0.5) is 10.6 Å². The van der Waals surface area contributed by atoms with E-state index in [2.05, 4.69) is 27.8 Å². The van der Waals surface area contributed by atoms with Crippen molar-refractivity contribution < 1.29 is 24.1 Å². The topological polar surface area (TPSA) is 138 Å². The van der Waals surface area contributed by atoms with Crippen LogP contribution in [0.2, 0.25) is 0 Å². The van der Waals surface area contributed by atoms with Crippen molar-refractivity contribution in [2.45, 2.75) is 45.9 Å². The van der Waals surface area contributed by atoms with Gasteiger partial charge in [-0.2, -0.15) is 9.97 Å². The molecular formula is C36H43N7O6S. The second-order valence-corrected chi connectivity index (χ2v) is 13.5. The molecule has 0 saturated carbocycles. The highest BCUT2D eigenvalue weighted by molar-refractivity contribution is 7.11. The molecule has 0 aliphatic carbocycles. The molecule has 1 aliphatic heterocycles. The Bertz CT molecular complexity index is 1880. The number of amides is 1. The molecule has 0 atom stereocenters. The molecule has 3 aromatic heterocycles. The number of H-pyrrole nitrogens is 1. The molecule has 14 heteroatoms.